The third-order valence-electron chi connectivity index (χ3n) is 13.3. The molecule has 46 heavy (non-hydrogen) atoms. The molecular weight excluding hydrogens is 572 g/mol. The number of nitrogens with two attached hydrogens (primary N) is 2. The van der Waals surface area contributed by atoms with Crippen LogP contribution in [-0.2, 0) is 21.3 Å². The fourth-order valence-corrected chi connectivity index (χ4v) is 10.9. The highest BCUT2D eigenvalue weighted by Crippen LogP contribution is 2.68. The number of hydrogen-bond donors (Lipinski definition) is 3. The lowest BCUT2D eigenvalue weighted by molar-refractivity contribution is -0.361. The van der Waals surface area contributed by atoms with E-state index in [2.05, 4.69) is 40.7 Å². The summed E-state index contributed by atoms with van der Waals surface area (Å²) in [6, 6.07) is 15.4. The third-order valence-corrected chi connectivity index (χ3v) is 13.3. The van der Waals surface area contributed by atoms with E-state index in [4.69, 9.17) is 26.1 Å². The predicted molar refractivity (Wildman–Crippen MR) is 185 cm³/mol. The van der Waals surface area contributed by atoms with Crippen molar-refractivity contribution in [2.75, 3.05) is 11.5 Å². The van der Waals surface area contributed by atoms with E-state index in [0.717, 1.165) is 54.1 Å². The lowest BCUT2D eigenvalue weighted by Gasteiger charge is -2.59. The normalized spacial score (nSPS) is 35.2. The predicted octanol–water partition coefficient (Wildman–Crippen LogP) is 9.78. The van der Waals surface area contributed by atoms with Gasteiger partial charge in [-0.2, -0.15) is 0 Å². The van der Waals surface area contributed by atoms with Gasteiger partial charge in [-0.25, -0.2) is 14.7 Å². The molecule has 0 spiro atoms. The first-order valence-electron chi connectivity index (χ1n) is 18.0. The van der Waals surface area contributed by atoms with Gasteiger partial charge in [-0.05, 0) is 132 Å². The molecule has 0 amide bonds. The molecule has 6 rings (SSSR count). The van der Waals surface area contributed by atoms with Crippen LogP contribution >= 0.6 is 0 Å². The monoisotopic (exact) mass is 630 g/mol. The molecule has 252 valence electrons. The van der Waals surface area contributed by atoms with E-state index in [1.165, 1.54) is 44.1 Å². The first-order valence-corrected chi connectivity index (χ1v) is 18.0. The molecule has 3 saturated carbocycles. The van der Waals surface area contributed by atoms with Crippen molar-refractivity contribution in [3.8, 4) is 0 Å². The second-order valence-electron chi connectivity index (χ2n) is 16.3. The van der Waals surface area contributed by atoms with E-state index in [1.54, 1.807) is 0 Å². The summed E-state index contributed by atoms with van der Waals surface area (Å²) in [6.45, 7) is 12.7. The van der Waals surface area contributed by atoms with Gasteiger partial charge >= 0.3 is 0 Å². The van der Waals surface area contributed by atoms with Crippen molar-refractivity contribution in [2.24, 2.45) is 52.3 Å². The van der Waals surface area contributed by atoms with Crippen LogP contribution in [0.1, 0.15) is 110 Å². The summed E-state index contributed by atoms with van der Waals surface area (Å²) in [6.07, 6.45) is 12.6. The standard InChI is InChI=1S/C40H58N2O4/c1-25(2)12-13-26(3)33-16-17-34-31-14-15-36-38(46-44-24-27-8-6-10-29(41)22-27)32(37(45-43)28-9-7-11-30(42)23-28)18-20-40(36,5)35(31)19-21-39(33,34)4/h6-11,15,22-23,25-26,31-35,37-38,43H,12-14,16-21,24,41-42H2,1-5H3. The van der Waals surface area contributed by atoms with Crippen molar-refractivity contribution in [3.63, 3.8) is 0 Å². The van der Waals surface area contributed by atoms with E-state index < -0.39 is 6.10 Å². The van der Waals surface area contributed by atoms with Crippen molar-refractivity contribution >= 4 is 11.4 Å². The highest BCUT2D eigenvalue weighted by atomic mass is 17.2. The number of rotatable bonds is 11. The Labute approximate surface area is 277 Å². The second-order valence-corrected chi connectivity index (χ2v) is 16.3. The number of hydrogen-bond acceptors (Lipinski definition) is 6. The highest BCUT2D eigenvalue weighted by Gasteiger charge is 2.61. The molecule has 2 aromatic carbocycles. The minimum absolute atomic E-state index is 0.0169. The van der Waals surface area contributed by atoms with E-state index in [9.17, 15) is 5.26 Å². The van der Waals surface area contributed by atoms with E-state index in [-0.39, 0.29) is 17.4 Å². The minimum Gasteiger partial charge on any atom is -0.399 e. The topological polar surface area (TPSA) is 100.0 Å². The molecule has 0 aliphatic heterocycles. The van der Waals surface area contributed by atoms with Crippen LogP contribution in [-0.4, -0.2) is 11.4 Å². The largest absolute Gasteiger partial charge is 0.399 e. The summed E-state index contributed by atoms with van der Waals surface area (Å²) >= 11 is 0. The fourth-order valence-electron chi connectivity index (χ4n) is 10.9. The summed E-state index contributed by atoms with van der Waals surface area (Å²) in [5, 5.41) is 10.3. The van der Waals surface area contributed by atoms with Gasteiger partial charge in [0.2, 0.25) is 0 Å². The molecule has 6 nitrogen and oxygen atoms in total. The molecule has 4 aliphatic carbocycles. The van der Waals surface area contributed by atoms with Crippen LogP contribution in [0.15, 0.2) is 60.2 Å². The number of allylic oxidation sites excluding steroid dienone is 1. The average Bonchev–Trinajstić information content (AvgIpc) is 3.38. The summed E-state index contributed by atoms with van der Waals surface area (Å²) < 4.78 is 0. The van der Waals surface area contributed by atoms with E-state index >= 15 is 0 Å². The van der Waals surface area contributed by atoms with Gasteiger partial charge in [-0.1, -0.05) is 77.8 Å². The first kappa shape index (κ1) is 33.5. The summed E-state index contributed by atoms with van der Waals surface area (Å²) in [5.74, 6) is 4.40. The van der Waals surface area contributed by atoms with Crippen molar-refractivity contribution in [2.45, 2.75) is 111 Å². The molecule has 10 unspecified atom stereocenters. The van der Waals surface area contributed by atoms with Crippen LogP contribution in [0.25, 0.3) is 0 Å². The van der Waals surface area contributed by atoms with E-state index in [0.29, 0.717) is 35.2 Å². The summed E-state index contributed by atoms with van der Waals surface area (Å²) in [5.41, 5.74) is 17.2. The molecular formula is C40H58N2O4. The van der Waals surface area contributed by atoms with Gasteiger partial charge in [0, 0.05) is 17.3 Å². The number of benzene rings is 2. The van der Waals surface area contributed by atoms with Gasteiger partial charge in [0.05, 0.1) is 0 Å². The quantitative estimate of drug-likeness (QED) is 0.0989. The fraction of sp³-hybridized carbons (Fsp3) is 0.650. The minimum atomic E-state index is -0.579. The lowest BCUT2D eigenvalue weighted by Crippen LogP contribution is -2.54. The molecule has 0 bridgehead atoms. The van der Waals surface area contributed by atoms with Crippen molar-refractivity contribution in [1.82, 2.24) is 0 Å². The van der Waals surface area contributed by atoms with E-state index in [1.807, 2.05) is 48.5 Å². The van der Waals surface area contributed by atoms with Crippen LogP contribution in [0.5, 0.6) is 0 Å². The second kappa shape index (κ2) is 13.6. The maximum Gasteiger partial charge on any atom is 0.123 e. The Hall–Kier alpha value is -2.38. The average molecular weight is 631 g/mol. The Morgan fingerprint density at radius 2 is 1.65 bits per heavy atom. The van der Waals surface area contributed by atoms with Gasteiger partial charge in [0.1, 0.15) is 18.8 Å². The number of nitrogen functional groups attached to an aromatic ring is 2. The Morgan fingerprint density at radius 3 is 2.37 bits per heavy atom. The van der Waals surface area contributed by atoms with Crippen LogP contribution < -0.4 is 11.5 Å². The van der Waals surface area contributed by atoms with Crippen LogP contribution in [0.3, 0.4) is 0 Å². The maximum absolute atomic E-state index is 10.3. The van der Waals surface area contributed by atoms with Gasteiger partial charge in [-0.15, -0.1) is 0 Å². The van der Waals surface area contributed by atoms with Gasteiger partial charge in [-0.3, -0.25) is 5.26 Å². The zero-order chi connectivity index (χ0) is 32.6. The zero-order valence-electron chi connectivity index (χ0n) is 28.8. The molecule has 0 radical (unpaired) electrons. The van der Waals surface area contributed by atoms with Gasteiger partial charge in [0.15, 0.2) is 0 Å². The van der Waals surface area contributed by atoms with Crippen molar-refractivity contribution in [3.05, 3.63) is 71.3 Å². The highest BCUT2D eigenvalue weighted by molar-refractivity contribution is 5.42. The number of fused-ring (bicyclic) bond motifs is 5. The Kier molecular flexibility index (Phi) is 9.93. The molecule has 2 aromatic rings. The molecule has 4 aliphatic rings. The zero-order valence-corrected chi connectivity index (χ0v) is 28.8. The molecule has 10 atom stereocenters. The Balaban J connectivity index is 1.28. The summed E-state index contributed by atoms with van der Waals surface area (Å²) in [7, 11) is 0. The van der Waals surface area contributed by atoms with Gasteiger partial charge in [0.25, 0.3) is 0 Å². The number of anilines is 2. The Bertz CT molecular complexity index is 1380. The Morgan fingerprint density at radius 1 is 0.891 bits per heavy atom. The third kappa shape index (κ3) is 6.27. The molecule has 3 fully saturated rings. The van der Waals surface area contributed by atoms with Crippen molar-refractivity contribution in [1.29, 1.82) is 0 Å². The van der Waals surface area contributed by atoms with Crippen LogP contribution in [0, 0.1) is 52.3 Å². The molecule has 0 saturated heterocycles. The maximum atomic E-state index is 10.3. The molecule has 5 N–H and O–H groups in total. The van der Waals surface area contributed by atoms with Gasteiger partial charge < -0.3 is 11.5 Å². The van der Waals surface area contributed by atoms with Crippen LogP contribution in [0.2, 0.25) is 0 Å². The lowest BCUT2D eigenvalue weighted by atomic mass is 9.46. The molecule has 0 aromatic heterocycles. The summed E-state index contributed by atoms with van der Waals surface area (Å²) in [4.78, 5) is 17.8. The SMILES string of the molecule is CC(C)CCC(C)C1CCC2C3CC=C4C(OOCc5cccc(N)c5)C(C(OO)c5cccc(N)c5)CCC4(C)C3CCC12C. The molecule has 6 heteroatoms. The molecule has 0 heterocycles. The first-order chi connectivity index (χ1) is 22.0. The van der Waals surface area contributed by atoms with Crippen molar-refractivity contribution < 1.29 is 19.9 Å². The smallest absolute Gasteiger partial charge is 0.123 e. The van der Waals surface area contributed by atoms with Crippen LogP contribution in [0.4, 0.5) is 11.4 Å².